The van der Waals surface area contributed by atoms with Gasteiger partial charge in [-0.3, -0.25) is 9.79 Å². The molecule has 0 bridgehead atoms. The van der Waals surface area contributed by atoms with E-state index >= 15 is 0 Å². The summed E-state index contributed by atoms with van der Waals surface area (Å²) in [5.74, 6) is 1.83. The zero-order valence-electron chi connectivity index (χ0n) is 13.9. The smallest absolute Gasteiger partial charge is 0.221 e. The minimum absolute atomic E-state index is 0. The summed E-state index contributed by atoms with van der Waals surface area (Å²) in [7, 11) is 1.82. The summed E-state index contributed by atoms with van der Waals surface area (Å²) < 4.78 is 0. The van der Waals surface area contributed by atoms with Gasteiger partial charge in [-0.15, -0.1) is 24.0 Å². The van der Waals surface area contributed by atoms with Crippen LogP contribution in [-0.2, 0) is 4.79 Å². The number of likely N-dealkylation sites (tertiary alicyclic amines) is 1. The average Bonchev–Trinajstić information content (AvgIpc) is 2.96. The highest BCUT2D eigenvalue weighted by atomic mass is 127. The molecule has 2 rings (SSSR count). The third-order valence-electron chi connectivity index (χ3n) is 4.52. The van der Waals surface area contributed by atoms with Crippen LogP contribution in [-0.4, -0.2) is 49.5 Å². The molecule has 1 aliphatic heterocycles. The second kappa shape index (κ2) is 10.3. The number of aliphatic imine (C=N–C) groups is 1. The molecule has 2 aliphatic rings. The molecule has 0 aromatic heterocycles. The molecule has 0 aromatic carbocycles. The Hall–Kier alpha value is -0.530. The first-order valence-corrected chi connectivity index (χ1v) is 8.44. The number of nitrogens with one attached hydrogen (secondary N) is 2. The summed E-state index contributed by atoms with van der Waals surface area (Å²) in [5, 5.41) is 6.46. The predicted molar refractivity (Wildman–Crippen MR) is 102 cm³/mol. The van der Waals surface area contributed by atoms with E-state index in [1.807, 2.05) is 7.05 Å². The van der Waals surface area contributed by atoms with Gasteiger partial charge in [0.2, 0.25) is 5.91 Å². The maximum absolute atomic E-state index is 11.9. The standard InChI is InChI=1S/C16H30N4O.HI/c1-13-6-5-11-20(12-13)16(17-2)18-10-9-15(21)19-14-7-3-4-8-14;/h13-14H,3-12H2,1-2H3,(H,17,18)(H,19,21);1H. The third-order valence-corrected chi connectivity index (χ3v) is 4.52. The number of halogens is 1. The number of hydrogen-bond acceptors (Lipinski definition) is 2. The van der Waals surface area contributed by atoms with E-state index in [0.717, 1.165) is 37.8 Å². The lowest BCUT2D eigenvalue weighted by atomic mass is 10.0. The molecule has 6 heteroatoms. The van der Waals surface area contributed by atoms with Gasteiger partial charge in [-0.2, -0.15) is 0 Å². The van der Waals surface area contributed by atoms with Crippen LogP contribution in [0, 0.1) is 5.92 Å². The number of carbonyl (C=O) groups excluding carboxylic acids is 1. The van der Waals surface area contributed by atoms with Crippen molar-refractivity contribution >= 4 is 35.8 Å². The van der Waals surface area contributed by atoms with Crippen LogP contribution in [0.15, 0.2) is 4.99 Å². The van der Waals surface area contributed by atoms with Gasteiger partial charge in [0.1, 0.15) is 0 Å². The van der Waals surface area contributed by atoms with Crippen LogP contribution in [0.25, 0.3) is 0 Å². The molecule has 1 unspecified atom stereocenters. The quantitative estimate of drug-likeness (QED) is 0.416. The first-order valence-electron chi connectivity index (χ1n) is 8.44. The van der Waals surface area contributed by atoms with Crippen molar-refractivity contribution in [2.24, 2.45) is 10.9 Å². The molecule has 1 amide bonds. The predicted octanol–water partition coefficient (Wildman–Crippen LogP) is 2.36. The van der Waals surface area contributed by atoms with E-state index in [4.69, 9.17) is 0 Å². The molecular weight excluding hydrogens is 391 g/mol. The zero-order valence-corrected chi connectivity index (χ0v) is 16.3. The van der Waals surface area contributed by atoms with Crippen molar-refractivity contribution < 1.29 is 4.79 Å². The van der Waals surface area contributed by atoms with Crippen molar-refractivity contribution in [1.82, 2.24) is 15.5 Å². The van der Waals surface area contributed by atoms with E-state index in [1.54, 1.807) is 0 Å². The van der Waals surface area contributed by atoms with Gasteiger partial charge in [0, 0.05) is 39.1 Å². The van der Waals surface area contributed by atoms with E-state index in [-0.39, 0.29) is 29.9 Å². The Morgan fingerprint density at radius 2 is 1.95 bits per heavy atom. The maximum Gasteiger partial charge on any atom is 0.221 e. The van der Waals surface area contributed by atoms with Gasteiger partial charge >= 0.3 is 0 Å². The van der Waals surface area contributed by atoms with Gasteiger partial charge in [0.25, 0.3) is 0 Å². The number of carbonyl (C=O) groups is 1. The molecule has 128 valence electrons. The first-order chi connectivity index (χ1) is 10.2. The van der Waals surface area contributed by atoms with E-state index < -0.39 is 0 Å². The molecule has 22 heavy (non-hydrogen) atoms. The topological polar surface area (TPSA) is 56.7 Å². The van der Waals surface area contributed by atoms with Crippen LogP contribution in [0.5, 0.6) is 0 Å². The van der Waals surface area contributed by atoms with E-state index in [9.17, 15) is 4.79 Å². The molecule has 1 heterocycles. The second-order valence-electron chi connectivity index (χ2n) is 6.47. The van der Waals surface area contributed by atoms with Gasteiger partial charge in [0.05, 0.1) is 0 Å². The van der Waals surface area contributed by atoms with Crippen molar-refractivity contribution in [3.63, 3.8) is 0 Å². The summed E-state index contributed by atoms with van der Waals surface area (Å²) in [4.78, 5) is 18.5. The SMILES string of the molecule is CN=C(NCCC(=O)NC1CCCC1)N1CCCC(C)C1.I. The molecule has 2 fully saturated rings. The van der Waals surface area contributed by atoms with Gasteiger partial charge in [-0.25, -0.2) is 0 Å². The number of guanidine groups is 1. The van der Waals surface area contributed by atoms with Crippen molar-refractivity contribution in [3.05, 3.63) is 0 Å². The van der Waals surface area contributed by atoms with Crippen molar-refractivity contribution in [2.75, 3.05) is 26.7 Å². The Balaban J connectivity index is 0.00000242. The molecule has 0 spiro atoms. The zero-order chi connectivity index (χ0) is 15.1. The van der Waals surface area contributed by atoms with Crippen LogP contribution in [0.2, 0.25) is 0 Å². The normalized spacial score (nSPS) is 23.1. The van der Waals surface area contributed by atoms with Crippen LogP contribution in [0.1, 0.15) is 51.9 Å². The van der Waals surface area contributed by atoms with Gasteiger partial charge < -0.3 is 15.5 Å². The molecule has 2 N–H and O–H groups in total. The molecule has 0 aromatic rings. The fourth-order valence-corrected chi connectivity index (χ4v) is 3.37. The van der Waals surface area contributed by atoms with Crippen molar-refractivity contribution in [3.8, 4) is 0 Å². The average molecular weight is 422 g/mol. The fourth-order valence-electron chi connectivity index (χ4n) is 3.37. The fraction of sp³-hybridized carbons (Fsp3) is 0.875. The van der Waals surface area contributed by atoms with Crippen LogP contribution in [0.3, 0.4) is 0 Å². The first kappa shape index (κ1) is 19.5. The largest absolute Gasteiger partial charge is 0.356 e. The number of hydrogen-bond donors (Lipinski definition) is 2. The van der Waals surface area contributed by atoms with Crippen molar-refractivity contribution in [2.45, 2.75) is 57.9 Å². The Bertz CT molecular complexity index is 369. The highest BCUT2D eigenvalue weighted by molar-refractivity contribution is 14.0. The number of amides is 1. The Labute approximate surface area is 151 Å². The summed E-state index contributed by atoms with van der Waals surface area (Å²) in [6.45, 7) is 5.08. The van der Waals surface area contributed by atoms with E-state index in [2.05, 4.69) is 27.4 Å². The molecule has 1 aliphatic carbocycles. The van der Waals surface area contributed by atoms with E-state index in [0.29, 0.717) is 19.0 Å². The molecule has 1 saturated carbocycles. The van der Waals surface area contributed by atoms with Crippen LogP contribution in [0.4, 0.5) is 0 Å². The Kier molecular flexibility index (Phi) is 9.12. The summed E-state index contributed by atoms with van der Waals surface area (Å²) in [5.41, 5.74) is 0. The lowest BCUT2D eigenvalue weighted by Crippen LogP contribution is -2.47. The number of nitrogens with zero attached hydrogens (tertiary/aromatic N) is 2. The van der Waals surface area contributed by atoms with Crippen LogP contribution >= 0.6 is 24.0 Å². The monoisotopic (exact) mass is 422 g/mol. The van der Waals surface area contributed by atoms with Crippen molar-refractivity contribution in [1.29, 1.82) is 0 Å². The lowest BCUT2D eigenvalue weighted by molar-refractivity contribution is -0.121. The maximum atomic E-state index is 11.9. The summed E-state index contributed by atoms with van der Waals surface area (Å²) >= 11 is 0. The van der Waals surface area contributed by atoms with Crippen LogP contribution < -0.4 is 10.6 Å². The molecule has 1 saturated heterocycles. The minimum Gasteiger partial charge on any atom is -0.356 e. The summed E-state index contributed by atoms with van der Waals surface area (Å²) in [6.07, 6.45) is 7.85. The van der Waals surface area contributed by atoms with Gasteiger partial charge in [-0.1, -0.05) is 19.8 Å². The number of rotatable bonds is 4. The van der Waals surface area contributed by atoms with Gasteiger partial charge in [-0.05, 0) is 31.6 Å². The van der Waals surface area contributed by atoms with E-state index in [1.165, 1.54) is 25.7 Å². The Morgan fingerprint density at radius 3 is 2.59 bits per heavy atom. The molecule has 5 nitrogen and oxygen atoms in total. The number of piperidine rings is 1. The highest BCUT2D eigenvalue weighted by Crippen LogP contribution is 2.17. The molecule has 1 atom stereocenters. The summed E-state index contributed by atoms with van der Waals surface area (Å²) in [6, 6.07) is 0.416. The molecule has 0 radical (unpaired) electrons. The second-order valence-corrected chi connectivity index (χ2v) is 6.47. The lowest BCUT2D eigenvalue weighted by Gasteiger charge is -2.33. The molecular formula is C16H31IN4O. The van der Waals surface area contributed by atoms with Gasteiger partial charge in [0.15, 0.2) is 5.96 Å². The Morgan fingerprint density at radius 1 is 1.23 bits per heavy atom. The highest BCUT2D eigenvalue weighted by Gasteiger charge is 2.20. The third kappa shape index (κ3) is 6.30. The minimum atomic E-state index is 0.